The summed E-state index contributed by atoms with van der Waals surface area (Å²) in [5.74, 6) is 0.695. The molecule has 35 heavy (non-hydrogen) atoms. The fourth-order valence-electron chi connectivity index (χ4n) is 4.52. The number of aromatic nitrogens is 2. The van der Waals surface area contributed by atoms with E-state index >= 15 is 0 Å². The number of hydrogen-bond donors (Lipinski definition) is 1. The average Bonchev–Trinajstić information content (AvgIpc) is 3.35. The first kappa shape index (κ1) is 21.3. The van der Waals surface area contributed by atoms with Gasteiger partial charge in [0.15, 0.2) is 0 Å². The number of rotatable bonds is 4. The molecule has 1 aliphatic heterocycles. The Morgan fingerprint density at radius 3 is 2.20 bits per heavy atom. The quantitative estimate of drug-likeness (QED) is 0.303. The maximum Gasteiger partial charge on any atom is 0.247 e. The molecule has 1 aromatic heterocycles. The number of halogens is 1. The number of phenolic OH excluding ortho intramolecular Hbond substituents is 1. The molecular formula is C29H21ClN4O. The molecule has 0 aliphatic carbocycles. The molecule has 0 amide bonds. The van der Waals surface area contributed by atoms with Gasteiger partial charge in [-0.15, -0.1) is 0 Å². The fourth-order valence-corrected chi connectivity index (χ4v) is 4.69. The van der Waals surface area contributed by atoms with Crippen molar-refractivity contribution < 1.29 is 5.11 Å². The molecule has 0 spiro atoms. The molecule has 0 saturated carbocycles. The van der Waals surface area contributed by atoms with E-state index in [0.29, 0.717) is 17.4 Å². The van der Waals surface area contributed by atoms with Crippen LogP contribution in [0.5, 0.6) is 5.75 Å². The van der Waals surface area contributed by atoms with Crippen LogP contribution >= 0.6 is 11.6 Å². The smallest absolute Gasteiger partial charge is 0.247 e. The van der Waals surface area contributed by atoms with E-state index in [1.807, 2.05) is 102 Å². The van der Waals surface area contributed by atoms with E-state index in [1.54, 1.807) is 6.07 Å². The van der Waals surface area contributed by atoms with Crippen LogP contribution in [0.25, 0.3) is 22.2 Å². The summed E-state index contributed by atoms with van der Waals surface area (Å²) in [4.78, 5) is 9.88. The second-order valence-electron chi connectivity index (χ2n) is 8.44. The largest absolute Gasteiger partial charge is 0.508 e. The van der Waals surface area contributed by atoms with Gasteiger partial charge in [-0.1, -0.05) is 90.5 Å². The van der Waals surface area contributed by atoms with Gasteiger partial charge in [-0.3, -0.25) is 0 Å². The molecule has 0 radical (unpaired) electrons. The normalized spacial score (nSPS) is 15.4. The molecule has 0 bridgehead atoms. The lowest BCUT2D eigenvalue weighted by atomic mass is 9.98. The highest BCUT2D eigenvalue weighted by Gasteiger charge is 2.33. The minimum atomic E-state index is -0.250. The number of benzene rings is 4. The fraction of sp³-hybridized carbons (Fsp3) is 0.0690. The molecule has 4 aromatic carbocycles. The highest BCUT2D eigenvalue weighted by Crippen LogP contribution is 2.40. The van der Waals surface area contributed by atoms with E-state index in [4.69, 9.17) is 26.7 Å². The molecule has 1 aliphatic rings. The maximum absolute atomic E-state index is 10.7. The molecule has 6 heteroatoms. The second-order valence-corrected chi connectivity index (χ2v) is 8.87. The minimum absolute atomic E-state index is 0.225. The summed E-state index contributed by atoms with van der Waals surface area (Å²) >= 11 is 6.34. The third-order valence-electron chi connectivity index (χ3n) is 6.21. The summed E-state index contributed by atoms with van der Waals surface area (Å²) in [5.41, 5.74) is 5.26. The summed E-state index contributed by atoms with van der Waals surface area (Å²) in [5, 5.41) is 19.0. The molecule has 1 N–H and O–H groups in total. The zero-order chi connectivity index (χ0) is 23.8. The van der Waals surface area contributed by atoms with E-state index in [1.165, 1.54) is 0 Å². The van der Waals surface area contributed by atoms with Crippen LogP contribution in [-0.4, -0.2) is 20.8 Å². The lowest BCUT2D eigenvalue weighted by Crippen LogP contribution is -2.21. The van der Waals surface area contributed by atoms with Crippen molar-refractivity contribution in [2.24, 2.45) is 5.10 Å². The number of nitrogens with zero attached hydrogens (tertiary/aromatic N) is 4. The molecule has 5 aromatic rings. The first-order valence-electron chi connectivity index (χ1n) is 11.4. The highest BCUT2D eigenvalue weighted by molar-refractivity contribution is 6.31. The first-order valence-corrected chi connectivity index (χ1v) is 11.8. The summed E-state index contributed by atoms with van der Waals surface area (Å²) in [6.07, 6.45) is 0.615. The van der Waals surface area contributed by atoms with E-state index in [-0.39, 0.29) is 11.8 Å². The summed E-state index contributed by atoms with van der Waals surface area (Å²) in [7, 11) is 0. The topological polar surface area (TPSA) is 61.6 Å². The van der Waals surface area contributed by atoms with Crippen LogP contribution < -0.4 is 5.01 Å². The van der Waals surface area contributed by atoms with Gasteiger partial charge in [-0.05, 0) is 29.8 Å². The lowest BCUT2D eigenvalue weighted by Gasteiger charge is -2.23. The van der Waals surface area contributed by atoms with Gasteiger partial charge in [0.25, 0.3) is 0 Å². The van der Waals surface area contributed by atoms with Gasteiger partial charge in [0.2, 0.25) is 5.95 Å². The van der Waals surface area contributed by atoms with Crippen LogP contribution in [0, 0.1) is 0 Å². The van der Waals surface area contributed by atoms with Crippen LogP contribution in [0.15, 0.2) is 108 Å². The van der Waals surface area contributed by atoms with E-state index in [2.05, 4.69) is 0 Å². The molecule has 2 heterocycles. The molecule has 0 saturated heterocycles. The Hall–Kier alpha value is -4.22. The van der Waals surface area contributed by atoms with Gasteiger partial charge in [-0.25, -0.2) is 15.0 Å². The van der Waals surface area contributed by atoms with Crippen molar-refractivity contribution in [1.29, 1.82) is 0 Å². The van der Waals surface area contributed by atoms with E-state index < -0.39 is 0 Å². The third kappa shape index (κ3) is 4.00. The van der Waals surface area contributed by atoms with Gasteiger partial charge < -0.3 is 5.11 Å². The van der Waals surface area contributed by atoms with Crippen LogP contribution in [0.3, 0.4) is 0 Å². The molecule has 0 fully saturated rings. The zero-order valence-electron chi connectivity index (χ0n) is 18.7. The van der Waals surface area contributed by atoms with Crippen molar-refractivity contribution in [3.8, 4) is 17.0 Å². The van der Waals surface area contributed by atoms with Crippen molar-refractivity contribution >= 4 is 34.2 Å². The summed E-state index contributed by atoms with van der Waals surface area (Å²) in [6, 6.07) is 32.8. The molecule has 5 nitrogen and oxygen atoms in total. The lowest BCUT2D eigenvalue weighted by molar-refractivity contribution is 0.460. The van der Waals surface area contributed by atoms with Crippen molar-refractivity contribution in [1.82, 2.24) is 9.97 Å². The van der Waals surface area contributed by atoms with E-state index in [9.17, 15) is 5.11 Å². The Balaban J connectivity index is 1.56. The molecule has 1 unspecified atom stereocenters. The average molecular weight is 477 g/mol. The number of hydrogen-bond acceptors (Lipinski definition) is 5. The van der Waals surface area contributed by atoms with Gasteiger partial charge >= 0.3 is 0 Å². The number of fused-ring (bicyclic) bond motifs is 1. The van der Waals surface area contributed by atoms with Crippen LogP contribution in [0.1, 0.15) is 23.6 Å². The highest BCUT2D eigenvalue weighted by atomic mass is 35.5. The number of aromatic hydroxyl groups is 1. The standard InChI is InChI=1S/C29H21ClN4O/c30-21-15-16-24-23(17-21)28(20-11-5-2-6-12-20)32-29(31-24)34-26(22-13-7-8-14-27(22)35)18-25(33-34)19-9-3-1-4-10-19/h1-17,26,35H,18H2. The Morgan fingerprint density at radius 1 is 0.771 bits per heavy atom. The summed E-state index contributed by atoms with van der Waals surface area (Å²) in [6.45, 7) is 0. The third-order valence-corrected chi connectivity index (χ3v) is 6.45. The Bertz CT molecular complexity index is 1550. The summed E-state index contributed by atoms with van der Waals surface area (Å²) < 4.78 is 0. The molecule has 6 rings (SSSR count). The van der Waals surface area contributed by atoms with Gasteiger partial charge in [-0.2, -0.15) is 5.10 Å². The van der Waals surface area contributed by atoms with Gasteiger partial charge in [0.05, 0.1) is 23.0 Å². The molecule has 1 atom stereocenters. The van der Waals surface area contributed by atoms with Crippen molar-refractivity contribution in [3.63, 3.8) is 0 Å². The van der Waals surface area contributed by atoms with Gasteiger partial charge in [0.1, 0.15) is 5.75 Å². The van der Waals surface area contributed by atoms with Crippen molar-refractivity contribution in [2.45, 2.75) is 12.5 Å². The predicted molar refractivity (Wildman–Crippen MR) is 141 cm³/mol. The Morgan fingerprint density at radius 2 is 1.46 bits per heavy atom. The van der Waals surface area contributed by atoms with Crippen LogP contribution in [-0.2, 0) is 0 Å². The number of hydrazone groups is 1. The zero-order valence-corrected chi connectivity index (χ0v) is 19.5. The first-order chi connectivity index (χ1) is 17.2. The number of anilines is 1. The SMILES string of the molecule is Oc1ccccc1C1CC(c2ccccc2)=NN1c1nc(-c2ccccc2)c2cc(Cl)ccc2n1. The van der Waals surface area contributed by atoms with Crippen LogP contribution in [0.2, 0.25) is 5.02 Å². The Labute approximate surface area is 208 Å². The van der Waals surface area contributed by atoms with Crippen LogP contribution in [0.4, 0.5) is 5.95 Å². The predicted octanol–water partition coefficient (Wildman–Crippen LogP) is 7.01. The minimum Gasteiger partial charge on any atom is -0.508 e. The van der Waals surface area contributed by atoms with Crippen molar-refractivity contribution in [2.75, 3.05) is 5.01 Å². The number of para-hydroxylation sites is 1. The van der Waals surface area contributed by atoms with Gasteiger partial charge in [0, 0.05) is 28.0 Å². The van der Waals surface area contributed by atoms with Crippen molar-refractivity contribution in [3.05, 3.63) is 119 Å². The molecule has 170 valence electrons. The number of phenols is 1. The molecular weight excluding hydrogens is 456 g/mol. The van der Waals surface area contributed by atoms with E-state index in [0.717, 1.165) is 39.0 Å². The second kappa shape index (κ2) is 8.85. The Kier molecular flexibility index (Phi) is 5.39. The maximum atomic E-state index is 10.7. The monoisotopic (exact) mass is 476 g/mol.